The molecule has 16 heavy (non-hydrogen) atoms. The van der Waals surface area contributed by atoms with Crippen molar-refractivity contribution in [1.82, 2.24) is 0 Å². The molecule has 0 aromatic heterocycles. The fourth-order valence-electron chi connectivity index (χ4n) is 2.54. The molecule has 0 amide bonds. The van der Waals surface area contributed by atoms with E-state index in [-0.39, 0.29) is 6.04 Å². The summed E-state index contributed by atoms with van der Waals surface area (Å²) in [6, 6.07) is 8.46. The van der Waals surface area contributed by atoms with Gasteiger partial charge in [-0.1, -0.05) is 25.0 Å². The van der Waals surface area contributed by atoms with Gasteiger partial charge >= 0.3 is 0 Å². The molecule has 0 saturated heterocycles. The van der Waals surface area contributed by atoms with E-state index >= 15 is 0 Å². The van der Waals surface area contributed by atoms with Gasteiger partial charge in [-0.3, -0.25) is 0 Å². The first-order chi connectivity index (χ1) is 7.81. The largest absolute Gasteiger partial charge is 0.494 e. The number of nitrogens with two attached hydrogens (primary N) is 1. The zero-order valence-electron chi connectivity index (χ0n) is 9.99. The monoisotopic (exact) mass is 219 g/mol. The van der Waals surface area contributed by atoms with E-state index in [1.54, 1.807) is 0 Å². The van der Waals surface area contributed by atoms with Crippen LogP contribution in [0.3, 0.4) is 0 Å². The predicted molar refractivity (Wildman–Crippen MR) is 66.5 cm³/mol. The summed E-state index contributed by atoms with van der Waals surface area (Å²) in [6.45, 7) is 2.71. The van der Waals surface area contributed by atoms with Crippen molar-refractivity contribution in [3.63, 3.8) is 0 Å². The van der Waals surface area contributed by atoms with Gasteiger partial charge in [0.15, 0.2) is 0 Å². The van der Waals surface area contributed by atoms with Crippen LogP contribution in [0.1, 0.15) is 44.2 Å². The predicted octanol–water partition coefficient (Wildman–Crippen LogP) is 3.28. The molecule has 1 aromatic rings. The van der Waals surface area contributed by atoms with Crippen molar-refractivity contribution in [2.24, 2.45) is 11.7 Å². The van der Waals surface area contributed by atoms with Gasteiger partial charge in [0.25, 0.3) is 0 Å². The van der Waals surface area contributed by atoms with Gasteiger partial charge in [0.2, 0.25) is 0 Å². The lowest BCUT2D eigenvalue weighted by molar-refractivity contribution is 0.340. The Labute approximate surface area is 97.8 Å². The first kappa shape index (κ1) is 11.5. The molecule has 1 aliphatic carbocycles. The average Bonchev–Trinajstić information content (AvgIpc) is 2.83. The van der Waals surface area contributed by atoms with Crippen molar-refractivity contribution in [2.75, 3.05) is 6.61 Å². The second kappa shape index (κ2) is 5.35. The van der Waals surface area contributed by atoms with Crippen molar-refractivity contribution in [3.8, 4) is 5.75 Å². The second-order valence-electron chi connectivity index (χ2n) is 4.57. The molecule has 2 nitrogen and oxygen atoms in total. The van der Waals surface area contributed by atoms with E-state index in [4.69, 9.17) is 10.5 Å². The molecule has 0 heterocycles. The molecule has 88 valence electrons. The van der Waals surface area contributed by atoms with Gasteiger partial charge in [0, 0.05) is 6.04 Å². The van der Waals surface area contributed by atoms with Gasteiger partial charge in [0.1, 0.15) is 5.75 Å². The highest BCUT2D eigenvalue weighted by Crippen LogP contribution is 2.34. The highest BCUT2D eigenvalue weighted by Gasteiger charge is 2.22. The van der Waals surface area contributed by atoms with Gasteiger partial charge in [-0.2, -0.15) is 0 Å². The molecule has 0 bridgehead atoms. The summed E-state index contributed by atoms with van der Waals surface area (Å²) in [5.41, 5.74) is 7.53. The third-order valence-corrected chi connectivity index (χ3v) is 3.48. The number of hydrogen-bond donors (Lipinski definition) is 1. The first-order valence-corrected chi connectivity index (χ1v) is 6.29. The zero-order valence-corrected chi connectivity index (χ0v) is 9.99. The zero-order chi connectivity index (χ0) is 11.4. The van der Waals surface area contributed by atoms with Gasteiger partial charge in [0.05, 0.1) is 6.61 Å². The van der Waals surface area contributed by atoms with E-state index in [1.807, 2.05) is 19.1 Å². The summed E-state index contributed by atoms with van der Waals surface area (Å²) in [6.07, 6.45) is 5.26. The maximum atomic E-state index is 6.28. The number of rotatable bonds is 4. The van der Waals surface area contributed by atoms with Gasteiger partial charge in [-0.15, -0.1) is 0 Å². The Morgan fingerprint density at radius 1 is 1.25 bits per heavy atom. The minimum atomic E-state index is 0.207. The standard InChI is InChI=1S/C14H21NO/c1-2-16-13-9-7-12(8-10-13)14(15)11-5-3-4-6-11/h7-11,14H,2-6,15H2,1H3. The van der Waals surface area contributed by atoms with Crippen LogP contribution in [0.15, 0.2) is 24.3 Å². The quantitative estimate of drug-likeness (QED) is 0.843. The fourth-order valence-corrected chi connectivity index (χ4v) is 2.54. The number of ether oxygens (including phenoxy) is 1. The van der Waals surface area contributed by atoms with Crippen LogP contribution in [0.5, 0.6) is 5.75 Å². The van der Waals surface area contributed by atoms with Crippen molar-refractivity contribution in [1.29, 1.82) is 0 Å². The van der Waals surface area contributed by atoms with Crippen LogP contribution in [-0.4, -0.2) is 6.61 Å². The number of hydrogen-bond acceptors (Lipinski definition) is 2. The van der Waals surface area contributed by atoms with Crippen LogP contribution < -0.4 is 10.5 Å². The van der Waals surface area contributed by atoms with Crippen molar-refractivity contribution in [3.05, 3.63) is 29.8 Å². The van der Waals surface area contributed by atoms with E-state index in [0.29, 0.717) is 12.5 Å². The molecule has 2 rings (SSSR count). The van der Waals surface area contributed by atoms with E-state index in [9.17, 15) is 0 Å². The Bertz CT molecular complexity index is 314. The Morgan fingerprint density at radius 3 is 2.44 bits per heavy atom. The van der Waals surface area contributed by atoms with Crippen LogP contribution in [-0.2, 0) is 0 Å². The van der Waals surface area contributed by atoms with E-state index in [1.165, 1.54) is 31.2 Å². The van der Waals surface area contributed by atoms with Crippen LogP contribution in [0, 0.1) is 5.92 Å². The smallest absolute Gasteiger partial charge is 0.119 e. The highest BCUT2D eigenvalue weighted by atomic mass is 16.5. The van der Waals surface area contributed by atoms with Crippen LogP contribution >= 0.6 is 0 Å². The second-order valence-corrected chi connectivity index (χ2v) is 4.57. The lowest BCUT2D eigenvalue weighted by Crippen LogP contribution is -2.18. The molecule has 1 aromatic carbocycles. The third kappa shape index (κ3) is 2.56. The van der Waals surface area contributed by atoms with Crippen molar-refractivity contribution >= 4 is 0 Å². The van der Waals surface area contributed by atoms with Crippen molar-refractivity contribution in [2.45, 2.75) is 38.6 Å². The lowest BCUT2D eigenvalue weighted by atomic mass is 9.92. The lowest BCUT2D eigenvalue weighted by Gasteiger charge is -2.19. The minimum absolute atomic E-state index is 0.207. The molecule has 0 aliphatic heterocycles. The summed E-state index contributed by atoms with van der Waals surface area (Å²) >= 11 is 0. The normalized spacial score (nSPS) is 18.6. The van der Waals surface area contributed by atoms with E-state index < -0.39 is 0 Å². The average molecular weight is 219 g/mol. The van der Waals surface area contributed by atoms with Crippen molar-refractivity contribution < 1.29 is 4.74 Å². The Kier molecular flexibility index (Phi) is 3.83. The molecule has 2 N–H and O–H groups in total. The van der Waals surface area contributed by atoms with Gasteiger partial charge < -0.3 is 10.5 Å². The molecular formula is C14H21NO. The maximum absolute atomic E-state index is 6.28. The molecule has 2 heteroatoms. The molecule has 1 unspecified atom stereocenters. The van der Waals surface area contributed by atoms with Gasteiger partial charge in [-0.25, -0.2) is 0 Å². The summed E-state index contributed by atoms with van der Waals surface area (Å²) in [4.78, 5) is 0. The minimum Gasteiger partial charge on any atom is -0.494 e. The molecular weight excluding hydrogens is 198 g/mol. The summed E-state index contributed by atoms with van der Waals surface area (Å²) in [5.74, 6) is 1.61. The fraction of sp³-hybridized carbons (Fsp3) is 0.571. The highest BCUT2D eigenvalue weighted by molar-refractivity contribution is 5.29. The topological polar surface area (TPSA) is 35.2 Å². The van der Waals surface area contributed by atoms with Crippen LogP contribution in [0.4, 0.5) is 0 Å². The summed E-state index contributed by atoms with van der Waals surface area (Å²) in [5, 5.41) is 0. The Morgan fingerprint density at radius 2 is 1.88 bits per heavy atom. The summed E-state index contributed by atoms with van der Waals surface area (Å²) < 4.78 is 5.43. The van der Waals surface area contributed by atoms with E-state index in [2.05, 4.69) is 12.1 Å². The van der Waals surface area contributed by atoms with Crippen LogP contribution in [0.25, 0.3) is 0 Å². The molecule has 0 spiro atoms. The first-order valence-electron chi connectivity index (χ1n) is 6.29. The molecule has 1 atom stereocenters. The SMILES string of the molecule is CCOc1ccc(C(N)C2CCCC2)cc1. The molecule has 1 fully saturated rings. The van der Waals surface area contributed by atoms with Crippen LogP contribution in [0.2, 0.25) is 0 Å². The van der Waals surface area contributed by atoms with E-state index in [0.717, 1.165) is 5.75 Å². The molecule has 0 radical (unpaired) electrons. The summed E-state index contributed by atoms with van der Waals surface area (Å²) in [7, 11) is 0. The maximum Gasteiger partial charge on any atom is 0.119 e. The third-order valence-electron chi connectivity index (χ3n) is 3.48. The number of benzene rings is 1. The van der Waals surface area contributed by atoms with Gasteiger partial charge in [-0.05, 0) is 43.4 Å². The molecule has 1 aliphatic rings. The Hall–Kier alpha value is -1.02. The Balaban J connectivity index is 2.02. The molecule has 1 saturated carbocycles.